The molecular formula is C29H40O2. The number of rotatable bonds is 10. The molecule has 2 rings (SSSR count). The highest BCUT2D eigenvalue weighted by molar-refractivity contribution is 5.58. The van der Waals surface area contributed by atoms with Crippen LogP contribution in [0.25, 0.3) is 0 Å². The van der Waals surface area contributed by atoms with E-state index in [9.17, 15) is 10.2 Å². The van der Waals surface area contributed by atoms with Crippen molar-refractivity contribution in [3.8, 4) is 11.5 Å². The number of phenolic OH excluding ortho intramolecular Hbond substituents is 2. The summed E-state index contributed by atoms with van der Waals surface area (Å²) in [5, 5.41) is 22.7. The van der Waals surface area contributed by atoms with Crippen molar-refractivity contribution in [2.24, 2.45) is 0 Å². The van der Waals surface area contributed by atoms with Crippen molar-refractivity contribution in [1.29, 1.82) is 0 Å². The van der Waals surface area contributed by atoms with E-state index in [1.54, 1.807) is 0 Å². The van der Waals surface area contributed by atoms with Crippen molar-refractivity contribution in [1.82, 2.24) is 0 Å². The Morgan fingerprint density at radius 1 is 0.774 bits per heavy atom. The van der Waals surface area contributed by atoms with Crippen molar-refractivity contribution >= 4 is 0 Å². The number of phenols is 2. The van der Waals surface area contributed by atoms with Gasteiger partial charge < -0.3 is 10.2 Å². The van der Waals surface area contributed by atoms with E-state index in [-0.39, 0.29) is 0 Å². The number of aromatic hydroxyl groups is 2. The Morgan fingerprint density at radius 2 is 1.13 bits per heavy atom. The molecule has 0 spiro atoms. The molecule has 2 N–H and O–H groups in total. The maximum absolute atomic E-state index is 11.3. The minimum atomic E-state index is -0.567. The quantitative estimate of drug-likeness (QED) is 0.383. The summed E-state index contributed by atoms with van der Waals surface area (Å²) in [6, 6.07) is 8.33. The third-order valence-corrected chi connectivity index (χ3v) is 6.97. The summed E-state index contributed by atoms with van der Waals surface area (Å²) in [6.07, 6.45) is 6.95. The zero-order valence-electron chi connectivity index (χ0n) is 20.3. The van der Waals surface area contributed by atoms with Crippen molar-refractivity contribution < 1.29 is 10.2 Å². The van der Waals surface area contributed by atoms with E-state index < -0.39 is 5.41 Å². The molecular weight excluding hydrogens is 380 g/mol. The van der Waals surface area contributed by atoms with Crippen molar-refractivity contribution in [3.63, 3.8) is 0 Å². The first-order chi connectivity index (χ1) is 14.6. The summed E-state index contributed by atoms with van der Waals surface area (Å²) in [4.78, 5) is 0. The lowest BCUT2D eigenvalue weighted by atomic mass is 9.73. The SMILES string of the molecule is C=CCc1c(C(C)CC)ccc(C(C)(C)c2ccc(C(C)CC)c(CC=C)c2O)c1O. The lowest BCUT2D eigenvalue weighted by molar-refractivity contribution is 0.428. The minimum Gasteiger partial charge on any atom is -0.507 e. The summed E-state index contributed by atoms with van der Waals surface area (Å²) in [6.45, 7) is 20.6. The molecule has 2 nitrogen and oxygen atoms in total. The first kappa shape index (κ1) is 24.8. The molecule has 0 aromatic heterocycles. The first-order valence-corrected chi connectivity index (χ1v) is 11.6. The Hall–Kier alpha value is -2.48. The molecule has 2 heteroatoms. The first-order valence-electron chi connectivity index (χ1n) is 11.6. The van der Waals surface area contributed by atoms with Gasteiger partial charge in [-0.3, -0.25) is 0 Å². The molecule has 0 aliphatic heterocycles. The molecule has 0 saturated carbocycles. The molecule has 2 aromatic carbocycles. The van der Waals surface area contributed by atoms with E-state index >= 15 is 0 Å². The van der Waals surface area contributed by atoms with Crippen LogP contribution in [-0.2, 0) is 18.3 Å². The van der Waals surface area contributed by atoms with Gasteiger partial charge in [0.15, 0.2) is 0 Å². The summed E-state index contributed by atoms with van der Waals surface area (Å²) in [7, 11) is 0. The number of hydrogen-bond acceptors (Lipinski definition) is 2. The predicted octanol–water partition coefficient (Wildman–Crippen LogP) is 7.91. The molecule has 0 bridgehead atoms. The molecule has 0 aliphatic carbocycles. The largest absolute Gasteiger partial charge is 0.507 e. The Balaban J connectivity index is 2.72. The fourth-order valence-electron chi connectivity index (χ4n) is 4.54. The second-order valence-electron chi connectivity index (χ2n) is 9.29. The van der Waals surface area contributed by atoms with Gasteiger partial charge in [-0.25, -0.2) is 0 Å². The van der Waals surface area contributed by atoms with Gasteiger partial charge in [0.2, 0.25) is 0 Å². The second kappa shape index (κ2) is 10.2. The van der Waals surface area contributed by atoms with Crippen molar-refractivity contribution in [2.45, 2.75) is 84.5 Å². The van der Waals surface area contributed by atoms with E-state index in [1.165, 1.54) is 11.1 Å². The monoisotopic (exact) mass is 420 g/mol. The highest BCUT2D eigenvalue weighted by atomic mass is 16.3. The maximum atomic E-state index is 11.3. The Bertz CT molecular complexity index is 861. The summed E-state index contributed by atoms with van der Waals surface area (Å²) >= 11 is 0. The summed E-state index contributed by atoms with van der Waals surface area (Å²) in [5.41, 5.74) is 5.31. The van der Waals surface area contributed by atoms with Gasteiger partial charge in [-0.1, -0.05) is 78.0 Å². The zero-order valence-corrected chi connectivity index (χ0v) is 20.3. The fraction of sp³-hybridized carbons (Fsp3) is 0.448. The van der Waals surface area contributed by atoms with Crippen LogP contribution in [-0.4, -0.2) is 10.2 Å². The van der Waals surface area contributed by atoms with Gasteiger partial charge in [-0.05, 0) is 48.6 Å². The highest BCUT2D eigenvalue weighted by Gasteiger charge is 2.32. The Labute approximate surface area is 189 Å². The molecule has 0 heterocycles. The van der Waals surface area contributed by atoms with Crippen LogP contribution in [0.5, 0.6) is 11.5 Å². The van der Waals surface area contributed by atoms with Gasteiger partial charge in [0.1, 0.15) is 11.5 Å². The average molecular weight is 421 g/mol. The van der Waals surface area contributed by atoms with Gasteiger partial charge in [0.25, 0.3) is 0 Å². The van der Waals surface area contributed by atoms with Crippen LogP contribution in [0.2, 0.25) is 0 Å². The molecule has 2 atom stereocenters. The van der Waals surface area contributed by atoms with Crippen LogP contribution in [0.3, 0.4) is 0 Å². The van der Waals surface area contributed by atoms with Crippen molar-refractivity contribution in [2.75, 3.05) is 0 Å². The Kier molecular flexibility index (Phi) is 8.17. The van der Waals surface area contributed by atoms with Gasteiger partial charge in [0, 0.05) is 27.7 Å². The van der Waals surface area contributed by atoms with Crippen LogP contribution < -0.4 is 0 Å². The fourth-order valence-corrected chi connectivity index (χ4v) is 4.54. The van der Waals surface area contributed by atoms with Crippen LogP contribution in [0.15, 0.2) is 49.6 Å². The summed E-state index contributed by atoms with van der Waals surface area (Å²) in [5.74, 6) is 1.36. The van der Waals surface area contributed by atoms with Crippen LogP contribution in [0.4, 0.5) is 0 Å². The number of benzene rings is 2. The summed E-state index contributed by atoms with van der Waals surface area (Å²) < 4.78 is 0. The molecule has 0 fully saturated rings. The smallest absolute Gasteiger partial charge is 0.123 e. The lowest BCUT2D eigenvalue weighted by Crippen LogP contribution is -2.21. The van der Waals surface area contributed by atoms with E-state index in [0.29, 0.717) is 36.2 Å². The number of hydrogen-bond donors (Lipinski definition) is 2. The van der Waals surface area contributed by atoms with Gasteiger partial charge in [0.05, 0.1) is 0 Å². The van der Waals surface area contributed by atoms with Crippen molar-refractivity contribution in [3.05, 3.63) is 83.0 Å². The maximum Gasteiger partial charge on any atom is 0.123 e. The number of allylic oxidation sites excluding steroid dienone is 2. The predicted molar refractivity (Wildman–Crippen MR) is 134 cm³/mol. The standard InChI is InChI=1S/C29H40O2/c1-9-13-23-21(19(5)11-3)15-17-25(27(23)30)29(7,8)26-18-16-22(20(6)12-4)24(14-10-2)28(26)31/h9-10,15-20,30-31H,1-2,11-14H2,3-8H3. The third kappa shape index (κ3) is 4.74. The molecule has 2 aromatic rings. The van der Waals surface area contributed by atoms with Crippen LogP contribution >= 0.6 is 0 Å². The normalized spacial score (nSPS) is 13.6. The van der Waals surface area contributed by atoms with Gasteiger partial charge >= 0.3 is 0 Å². The van der Waals surface area contributed by atoms with Crippen LogP contribution in [0, 0.1) is 0 Å². The van der Waals surface area contributed by atoms with Crippen LogP contribution in [0.1, 0.15) is 99.6 Å². The van der Waals surface area contributed by atoms with E-state index in [4.69, 9.17) is 0 Å². The van der Waals surface area contributed by atoms with E-state index in [1.807, 2.05) is 24.3 Å². The molecule has 168 valence electrons. The van der Waals surface area contributed by atoms with Gasteiger partial charge in [-0.15, -0.1) is 13.2 Å². The van der Waals surface area contributed by atoms with Gasteiger partial charge in [-0.2, -0.15) is 0 Å². The molecule has 31 heavy (non-hydrogen) atoms. The lowest BCUT2D eigenvalue weighted by Gasteiger charge is -2.31. The molecule has 2 unspecified atom stereocenters. The topological polar surface area (TPSA) is 40.5 Å². The van der Waals surface area contributed by atoms with E-state index in [2.05, 4.69) is 66.8 Å². The Morgan fingerprint density at radius 3 is 1.42 bits per heavy atom. The van der Waals surface area contributed by atoms with E-state index in [0.717, 1.165) is 35.1 Å². The second-order valence-corrected chi connectivity index (χ2v) is 9.29. The zero-order chi connectivity index (χ0) is 23.3. The average Bonchev–Trinajstić information content (AvgIpc) is 2.75. The minimum absolute atomic E-state index is 0.318. The molecule has 0 aliphatic rings. The third-order valence-electron chi connectivity index (χ3n) is 6.97. The molecule has 0 radical (unpaired) electrons. The molecule has 0 saturated heterocycles. The molecule has 0 amide bonds. The highest BCUT2D eigenvalue weighted by Crippen LogP contribution is 2.46.